The van der Waals surface area contributed by atoms with E-state index in [9.17, 15) is 38.2 Å². The molecule has 1 saturated carbocycles. The van der Waals surface area contributed by atoms with Crippen molar-refractivity contribution in [2.45, 2.75) is 173 Å². The number of Topliss-reactive ketones (excluding diaryl/α,β-unsaturated/α-hetero) is 2. The number of nitrogens with one attached hydrogen (secondary N) is 1. The van der Waals surface area contributed by atoms with E-state index < -0.39 is 108 Å². The molecule has 15 nitrogen and oxygen atoms in total. The highest BCUT2D eigenvalue weighted by molar-refractivity contribution is 6.39. The number of rotatable bonds is 10. The number of carbonyl (C=O) groups excluding carboxylic acids is 4. The number of nitrogens with zero attached hydrogens (tertiary/aromatic N) is 2. The number of halogens is 2. The van der Waals surface area contributed by atoms with Crippen LogP contribution in [0.2, 0.25) is 0 Å². The van der Waals surface area contributed by atoms with Crippen molar-refractivity contribution >= 4 is 23.4 Å². The Morgan fingerprint density at radius 2 is 1.67 bits per heavy atom. The molecule has 4 heterocycles. The lowest BCUT2D eigenvalue weighted by molar-refractivity contribution is -0.302. The molecule has 17 heteroatoms. The Bertz CT molecular complexity index is 2170. The maximum absolute atomic E-state index is 14.6. The van der Waals surface area contributed by atoms with Crippen molar-refractivity contribution in [2.75, 3.05) is 27.9 Å². The van der Waals surface area contributed by atoms with Gasteiger partial charge in [0, 0.05) is 64.4 Å². The van der Waals surface area contributed by atoms with Gasteiger partial charge in [0.25, 0.3) is 11.7 Å². The van der Waals surface area contributed by atoms with Gasteiger partial charge < -0.3 is 48.5 Å². The third-order valence-corrected chi connectivity index (χ3v) is 15.2. The van der Waals surface area contributed by atoms with Crippen LogP contribution in [0.15, 0.2) is 53.9 Å². The number of piperidine rings is 1. The van der Waals surface area contributed by atoms with Crippen molar-refractivity contribution in [3.63, 3.8) is 0 Å². The number of imidazole rings is 1. The number of H-pyrrole nitrogens is 1. The minimum atomic E-state index is -2.55. The quantitative estimate of drug-likeness (QED) is 0.122. The van der Waals surface area contributed by atoms with Crippen LogP contribution in [0.3, 0.4) is 0 Å². The first-order valence-electron chi connectivity index (χ1n) is 25.0. The molecule has 3 fully saturated rings. The first-order valence-corrected chi connectivity index (χ1v) is 25.0. The van der Waals surface area contributed by atoms with Crippen molar-refractivity contribution in [3.05, 3.63) is 76.9 Å². The number of aliphatic hydroxyl groups excluding tert-OH is 1. The molecule has 2 saturated heterocycles. The van der Waals surface area contributed by atoms with Gasteiger partial charge in [-0.15, -0.1) is 0 Å². The molecule has 2 bridgehead atoms. The van der Waals surface area contributed by atoms with E-state index in [1.165, 1.54) is 25.2 Å². The lowest BCUT2D eigenvalue weighted by Crippen LogP contribution is -2.64. The topological polar surface area (TPSA) is 196 Å². The van der Waals surface area contributed by atoms with Crippen LogP contribution >= 0.6 is 0 Å². The summed E-state index contributed by atoms with van der Waals surface area (Å²) in [5.74, 6) is -9.62. The van der Waals surface area contributed by atoms with Gasteiger partial charge in [0.05, 0.1) is 30.5 Å². The SMILES string of the molecule is CCC1/C=C(\C)CC(C)CC(OC)C2OC(O)(C(=O)C(=O)N3CCCCC3C(=O)OC(C(C)=CC3CCC(OC(c4ccc(F)c(F)c4)c4ncc[nH]4)C(OC)C3)C(C)C(O)CC1=O)C(C)CC2OC. The van der Waals surface area contributed by atoms with Gasteiger partial charge in [0.15, 0.2) is 11.6 Å². The third-order valence-electron chi connectivity index (χ3n) is 15.2. The number of cyclic esters (lactones) is 1. The number of aromatic amines is 1. The molecule has 15 unspecified atom stereocenters. The number of methoxy groups -OCH3 is 3. The third kappa shape index (κ3) is 12.7. The Hall–Kier alpha value is -4.23. The first kappa shape index (κ1) is 55.1. The number of ketones is 2. The zero-order valence-corrected chi connectivity index (χ0v) is 42.2. The molecule has 2 aromatic rings. The van der Waals surface area contributed by atoms with Gasteiger partial charge in [-0.3, -0.25) is 14.4 Å². The lowest BCUT2D eigenvalue weighted by Gasteiger charge is -2.47. The van der Waals surface area contributed by atoms with Crippen molar-refractivity contribution in [3.8, 4) is 0 Å². The number of esters is 1. The van der Waals surface area contributed by atoms with Gasteiger partial charge in [-0.2, -0.15) is 0 Å². The number of aromatic nitrogens is 2. The summed E-state index contributed by atoms with van der Waals surface area (Å²) in [7, 11) is 4.61. The molecule has 0 radical (unpaired) electrons. The number of hydrogen-bond acceptors (Lipinski definition) is 13. The predicted molar refractivity (Wildman–Crippen MR) is 254 cm³/mol. The summed E-state index contributed by atoms with van der Waals surface area (Å²) in [5, 5.41) is 24.0. The maximum Gasteiger partial charge on any atom is 0.329 e. The molecule has 1 amide bonds. The van der Waals surface area contributed by atoms with Crippen molar-refractivity contribution in [2.24, 2.45) is 29.6 Å². The van der Waals surface area contributed by atoms with Gasteiger partial charge in [0.1, 0.15) is 36.0 Å². The van der Waals surface area contributed by atoms with Crippen LogP contribution in [0.5, 0.6) is 0 Å². The molecule has 0 spiro atoms. The average Bonchev–Trinajstić information content (AvgIpc) is 3.89. The Balaban J connectivity index is 1.31. The predicted octanol–water partition coefficient (Wildman–Crippen LogP) is 7.29. The smallest absolute Gasteiger partial charge is 0.329 e. The van der Waals surface area contributed by atoms with E-state index in [4.69, 9.17) is 28.4 Å². The van der Waals surface area contributed by atoms with Crippen LogP contribution in [0.25, 0.3) is 0 Å². The number of allylic oxidation sites excluding steroid dienone is 3. The van der Waals surface area contributed by atoms with Crippen LogP contribution in [0.1, 0.15) is 130 Å². The van der Waals surface area contributed by atoms with Gasteiger partial charge in [-0.05, 0) is 113 Å². The second-order valence-electron chi connectivity index (χ2n) is 20.3. The number of amides is 1. The van der Waals surface area contributed by atoms with Gasteiger partial charge in [-0.1, -0.05) is 51.5 Å². The molecular formula is C53H75F2N3O12. The van der Waals surface area contributed by atoms with Gasteiger partial charge in [-0.25, -0.2) is 18.6 Å². The molecule has 1 aromatic carbocycles. The Morgan fingerprint density at radius 1 is 0.957 bits per heavy atom. The van der Waals surface area contributed by atoms with Crippen molar-refractivity contribution < 1.29 is 66.6 Å². The minimum absolute atomic E-state index is 0.0000455. The largest absolute Gasteiger partial charge is 0.456 e. The summed E-state index contributed by atoms with van der Waals surface area (Å²) in [6.07, 6.45) is 5.20. The van der Waals surface area contributed by atoms with E-state index in [-0.39, 0.29) is 43.4 Å². The zero-order chi connectivity index (χ0) is 51.0. The highest BCUT2D eigenvalue weighted by Crippen LogP contribution is 2.40. The summed E-state index contributed by atoms with van der Waals surface area (Å²) in [5.41, 5.74) is 1.94. The molecule has 70 heavy (non-hydrogen) atoms. The minimum Gasteiger partial charge on any atom is -0.456 e. The van der Waals surface area contributed by atoms with Crippen molar-refractivity contribution in [1.82, 2.24) is 14.9 Å². The van der Waals surface area contributed by atoms with E-state index in [2.05, 4.69) is 9.97 Å². The molecule has 3 N–H and O–H groups in total. The van der Waals surface area contributed by atoms with E-state index >= 15 is 0 Å². The molecule has 1 aliphatic carbocycles. The number of carbonyl (C=O) groups is 4. The van der Waals surface area contributed by atoms with Crippen molar-refractivity contribution in [1.29, 1.82) is 0 Å². The van der Waals surface area contributed by atoms with Crippen LogP contribution < -0.4 is 0 Å². The van der Waals surface area contributed by atoms with E-state index in [0.717, 1.165) is 17.7 Å². The first-order chi connectivity index (χ1) is 33.3. The summed E-state index contributed by atoms with van der Waals surface area (Å²) < 4.78 is 65.4. The Labute approximate surface area is 411 Å². The van der Waals surface area contributed by atoms with Crippen LogP contribution in [0.4, 0.5) is 8.78 Å². The van der Waals surface area contributed by atoms with Gasteiger partial charge >= 0.3 is 5.97 Å². The number of benzene rings is 1. The highest BCUT2D eigenvalue weighted by atomic mass is 19.2. The number of hydrogen-bond donors (Lipinski definition) is 3. The molecule has 15 atom stereocenters. The summed E-state index contributed by atoms with van der Waals surface area (Å²) in [4.78, 5) is 66.0. The highest BCUT2D eigenvalue weighted by Gasteiger charge is 2.56. The average molecular weight is 984 g/mol. The van der Waals surface area contributed by atoms with Crippen LogP contribution in [-0.2, 0) is 47.6 Å². The molecular weight excluding hydrogens is 909 g/mol. The lowest BCUT2D eigenvalue weighted by atomic mass is 9.81. The molecule has 6 rings (SSSR count). The normalized spacial score (nSPS) is 36.1. The molecule has 4 aliphatic rings. The standard InChI is InChI=1S/C53H75F2N3O12/c1-10-35-22-29(2)21-30(3)23-44(66-8)48-45(67-9)25-32(5)53(64,70-48)49(61)51(62)58-20-12-11-13-39(58)52(63)69-46(33(6)40(59)28-41(35)60)31(4)24-34-14-17-42(43(26-34)65-7)68-47(50-56-18-19-57-50)36-15-16-37(54)38(55)27-36/h15-16,18-19,22,24,27,30,32-35,39-40,42-48,59,64H,10-14,17,20-21,23,25-26,28H2,1-9H3,(H,56,57)/b29-22+,31-24?. The Kier molecular flexibility index (Phi) is 19.3. The summed E-state index contributed by atoms with van der Waals surface area (Å²) >= 11 is 0. The molecule has 1 aromatic heterocycles. The molecule has 388 valence electrons. The summed E-state index contributed by atoms with van der Waals surface area (Å²) in [6.45, 7) is 11.1. The number of ether oxygens (including phenoxy) is 6. The fourth-order valence-corrected chi connectivity index (χ4v) is 11.1. The second-order valence-corrected chi connectivity index (χ2v) is 20.3. The molecule has 3 aliphatic heterocycles. The van der Waals surface area contributed by atoms with E-state index in [1.54, 1.807) is 40.3 Å². The summed E-state index contributed by atoms with van der Waals surface area (Å²) in [6, 6.07) is 2.39. The second kappa shape index (κ2) is 24.5. The number of fused-ring (bicyclic) bond motifs is 3. The Morgan fingerprint density at radius 3 is 2.33 bits per heavy atom. The fraction of sp³-hybridized carbons (Fsp3) is 0.679. The van der Waals surface area contributed by atoms with Gasteiger partial charge in [0.2, 0.25) is 5.79 Å². The number of aliphatic hydroxyl groups is 2. The maximum atomic E-state index is 14.6. The monoisotopic (exact) mass is 984 g/mol. The van der Waals surface area contributed by atoms with E-state index in [1.807, 2.05) is 32.9 Å². The van der Waals surface area contributed by atoms with Crippen LogP contribution in [-0.4, -0.2) is 131 Å². The van der Waals surface area contributed by atoms with E-state index in [0.29, 0.717) is 68.3 Å². The zero-order valence-electron chi connectivity index (χ0n) is 42.2. The fourth-order valence-electron chi connectivity index (χ4n) is 11.1. The van der Waals surface area contributed by atoms with Crippen LogP contribution in [0, 0.1) is 41.2 Å².